The Morgan fingerprint density at radius 3 is 2.66 bits per heavy atom. The highest BCUT2D eigenvalue weighted by Gasteiger charge is 2.30. The fourth-order valence-corrected chi connectivity index (χ4v) is 4.48. The van der Waals surface area contributed by atoms with Crippen LogP contribution in [0.1, 0.15) is 27.8 Å². The Balaban J connectivity index is 1.45. The summed E-state index contributed by atoms with van der Waals surface area (Å²) < 4.78 is 5.74. The minimum atomic E-state index is 0.0421. The van der Waals surface area contributed by atoms with Crippen LogP contribution in [0.3, 0.4) is 0 Å². The first-order valence-corrected chi connectivity index (χ1v) is 10.3. The van der Waals surface area contributed by atoms with Crippen LogP contribution in [0.4, 0.5) is 0 Å². The van der Waals surface area contributed by atoms with Gasteiger partial charge in [-0.25, -0.2) is 0 Å². The Hall–Kier alpha value is -2.72. The highest BCUT2D eigenvalue weighted by atomic mass is 16.5. The topological polar surface area (TPSA) is 51.2 Å². The number of ether oxygens (including phenoxy) is 1. The number of pyridine rings is 1. The zero-order valence-electron chi connectivity index (χ0n) is 17.4. The van der Waals surface area contributed by atoms with E-state index < -0.39 is 0 Å². The number of carbonyl (C=O) groups is 1. The lowest BCUT2D eigenvalue weighted by molar-refractivity contribution is -0.121. The second-order valence-electron chi connectivity index (χ2n) is 8.22. The SMILES string of the molecule is Cc1cc(C)c(CC(=O)N[C@@H]2COC[C@H]2Cc2ccnc3ccccc23)c(C)c1. The Morgan fingerprint density at radius 2 is 1.86 bits per heavy atom. The molecule has 2 atom stereocenters. The van der Waals surface area contributed by atoms with E-state index in [1.54, 1.807) is 0 Å². The molecule has 1 N–H and O–H groups in total. The number of benzene rings is 2. The van der Waals surface area contributed by atoms with Gasteiger partial charge in [-0.05, 0) is 61.6 Å². The van der Waals surface area contributed by atoms with Gasteiger partial charge in [0.1, 0.15) is 0 Å². The highest BCUT2D eigenvalue weighted by Crippen LogP contribution is 2.24. The zero-order valence-corrected chi connectivity index (χ0v) is 17.4. The number of aryl methyl sites for hydroxylation is 3. The Labute approximate surface area is 172 Å². The molecule has 4 nitrogen and oxygen atoms in total. The number of aromatic nitrogens is 1. The average molecular weight is 389 g/mol. The van der Waals surface area contributed by atoms with Crippen LogP contribution in [0, 0.1) is 26.7 Å². The normalized spacial score (nSPS) is 18.9. The standard InChI is InChI=1S/C25H28N2O2/c1-16-10-17(2)22(18(3)11-16)13-25(28)27-24-15-29-14-20(24)12-19-8-9-26-23-7-5-4-6-21(19)23/h4-11,20,24H,12-15H2,1-3H3,(H,27,28)/t20-,24-/m1/s1. The number of nitrogens with one attached hydrogen (secondary N) is 1. The molecule has 1 aliphatic rings. The molecule has 0 bridgehead atoms. The molecule has 0 aliphatic carbocycles. The van der Waals surface area contributed by atoms with E-state index in [2.05, 4.69) is 55.3 Å². The zero-order chi connectivity index (χ0) is 20.4. The van der Waals surface area contributed by atoms with E-state index >= 15 is 0 Å². The lowest BCUT2D eigenvalue weighted by Crippen LogP contribution is -2.41. The maximum absolute atomic E-state index is 12.8. The molecule has 0 unspecified atom stereocenters. The minimum Gasteiger partial charge on any atom is -0.379 e. The van der Waals surface area contributed by atoms with Gasteiger partial charge in [-0.2, -0.15) is 0 Å². The first-order chi connectivity index (χ1) is 14.0. The van der Waals surface area contributed by atoms with E-state index in [0.717, 1.165) is 17.5 Å². The van der Waals surface area contributed by atoms with Gasteiger partial charge in [0.25, 0.3) is 0 Å². The van der Waals surface area contributed by atoms with E-state index in [0.29, 0.717) is 19.6 Å². The average Bonchev–Trinajstić information content (AvgIpc) is 3.11. The molecular weight excluding hydrogens is 360 g/mol. The van der Waals surface area contributed by atoms with Gasteiger partial charge in [0.05, 0.1) is 31.2 Å². The Morgan fingerprint density at radius 1 is 1.10 bits per heavy atom. The van der Waals surface area contributed by atoms with Gasteiger partial charge >= 0.3 is 0 Å². The number of fused-ring (bicyclic) bond motifs is 1. The van der Waals surface area contributed by atoms with E-state index in [1.807, 2.05) is 24.4 Å². The van der Waals surface area contributed by atoms with Crippen molar-refractivity contribution in [3.8, 4) is 0 Å². The van der Waals surface area contributed by atoms with E-state index in [1.165, 1.54) is 27.6 Å². The predicted molar refractivity (Wildman–Crippen MR) is 116 cm³/mol. The summed E-state index contributed by atoms with van der Waals surface area (Å²) in [6.07, 6.45) is 3.15. The smallest absolute Gasteiger partial charge is 0.224 e. The van der Waals surface area contributed by atoms with Crippen LogP contribution in [0.15, 0.2) is 48.7 Å². The van der Waals surface area contributed by atoms with E-state index in [4.69, 9.17) is 4.74 Å². The van der Waals surface area contributed by atoms with Crippen molar-refractivity contribution in [3.63, 3.8) is 0 Å². The van der Waals surface area contributed by atoms with Crippen LogP contribution in [-0.2, 0) is 22.4 Å². The molecule has 1 saturated heterocycles. The predicted octanol–water partition coefficient (Wildman–Crippen LogP) is 4.08. The Kier molecular flexibility index (Phi) is 5.63. The molecule has 150 valence electrons. The van der Waals surface area contributed by atoms with Crippen molar-refractivity contribution in [3.05, 3.63) is 76.5 Å². The summed E-state index contributed by atoms with van der Waals surface area (Å²) >= 11 is 0. The maximum atomic E-state index is 12.8. The molecule has 1 fully saturated rings. The third-order valence-corrected chi connectivity index (χ3v) is 5.94. The summed E-state index contributed by atoms with van der Waals surface area (Å²) in [7, 11) is 0. The molecule has 1 amide bonds. The molecule has 0 radical (unpaired) electrons. The molecule has 2 heterocycles. The largest absolute Gasteiger partial charge is 0.379 e. The van der Waals surface area contributed by atoms with Gasteiger partial charge in [0.2, 0.25) is 5.91 Å². The third kappa shape index (κ3) is 4.33. The first kappa shape index (κ1) is 19.6. The summed E-state index contributed by atoms with van der Waals surface area (Å²) in [5.41, 5.74) is 6.99. The van der Waals surface area contributed by atoms with Crippen molar-refractivity contribution >= 4 is 16.8 Å². The molecule has 29 heavy (non-hydrogen) atoms. The van der Waals surface area contributed by atoms with Gasteiger partial charge in [-0.3, -0.25) is 9.78 Å². The van der Waals surface area contributed by atoms with E-state index in [9.17, 15) is 4.79 Å². The fraction of sp³-hybridized carbons (Fsp3) is 0.360. The number of para-hydroxylation sites is 1. The number of amides is 1. The molecule has 2 aromatic carbocycles. The van der Waals surface area contributed by atoms with Gasteiger partial charge in [0.15, 0.2) is 0 Å². The second-order valence-corrected chi connectivity index (χ2v) is 8.22. The monoisotopic (exact) mass is 388 g/mol. The molecule has 0 spiro atoms. The van der Waals surface area contributed by atoms with Crippen LogP contribution in [-0.4, -0.2) is 30.1 Å². The van der Waals surface area contributed by atoms with Crippen molar-refractivity contribution in [1.82, 2.24) is 10.3 Å². The van der Waals surface area contributed by atoms with Crippen LogP contribution >= 0.6 is 0 Å². The molecule has 4 heteroatoms. The van der Waals surface area contributed by atoms with Crippen LogP contribution in [0.5, 0.6) is 0 Å². The van der Waals surface area contributed by atoms with Gasteiger partial charge < -0.3 is 10.1 Å². The van der Waals surface area contributed by atoms with Crippen LogP contribution < -0.4 is 5.32 Å². The lowest BCUT2D eigenvalue weighted by Gasteiger charge is -2.20. The molecule has 4 rings (SSSR count). The van der Waals surface area contributed by atoms with Crippen molar-refractivity contribution in [2.75, 3.05) is 13.2 Å². The van der Waals surface area contributed by atoms with Crippen molar-refractivity contribution < 1.29 is 9.53 Å². The number of nitrogens with zero attached hydrogens (tertiary/aromatic N) is 1. The fourth-order valence-electron chi connectivity index (χ4n) is 4.48. The van der Waals surface area contributed by atoms with Gasteiger partial charge in [0, 0.05) is 17.5 Å². The maximum Gasteiger partial charge on any atom is 0.224 e. The van der Waals surface area contributed by atoms with E-state index in [-0.39, 0.29) is 17.9 Å². The first-order valence-electron chi connectivity index (χ1n) is 10.3. The van der Waals surface area contributed by atoms with Crippen LogP contribution in [0.2, 0.25) is 0 Å². The second kappa shape index (κ2) is 8.34. The molecule has 1 aromatic heterocycles. The molecule has 1 aliphatic heterocycles. The number of hydrogen-bond donors (Lipinski definition) is 1. The summed E-state index contributed by atoms with van der Waals surface area (Å²) in [6, 6.07) is 14.6. The summed E-state index contributed by atoms with van der Waals surface area (Å²) in [5.74, 6) is 0.338. The summed E-state index contributed by atoms with van der Waals surface area (Å²) in [4.78, 5) is 17.2. The quantitative estimate of drug-likeness (QED) is 0.717. The molecule has 3 aromatic rings. The van der Waals surface area contributed by atoms with Gasteiger partial charge in [-0.15, -0.1) is 0 Å². The third-order valence-electron chi connectivity index (χ3n) is 5.94. The number of carbonyl (C=O) groups excluding carboxylic acids is 1. The van der Waals surface area contributed by atoms with Gasteiger partial charge in [-0.1, -0.05) is 35.9 Å². The number of rotatable bonds is 5. The summed E-state index contributed by atoms with van der Waals surface area (Å²) in [6.45, 7) is 7.50. The minimum absolute atomic E-state index is 0.0421. The van der Waals surface area contributed by atoms with Crippen molar-refractivity contribution in [2.24, 2.45) is 5.92 Å². The summed E-state index contributed by atoms with van der Waals surface area (Å²) in [5, 5.41) is 4.41. The Bertz CT molecular complexity index is 1020. The number of hydrogen-bond acceptors (Lipinski definition) is 3. The van der Waals surface area contributed by atoms with Crippen LogP contribution in [0.25, 0.3) is 10.9 Å². The molecular formula is C25H28N2O2. The van der Waals surface area contributed by atoms with Crippen molar-refractivity contribution in [1.29, 1.82) is 0 Å². The lowest BCUT2D eigenvalue weighted by atomic mass is 9.92. The highest BCUT2D eigenvalue weighted by molar-refractivity contribution is 5.82. The van der Waals surface area contributed by atoms with Crippen molar-refractivity contribution in [2.45, 2.75) is 39.7 Å². The molecule has 0 saturated carbocycles.